The van der Waals surface area contributed by atoms with E-state index in [9.17, 15) is 10.1 Å². The van der Waals surface area contributed by atoms with Crippen LogP contribution >= 0.6 is 0 Å². The van der Waals surface area contributed by atoms with Gasteiger partial charge >= 0.3 is 5.97 Å². The molecule has 23 heavy (non-hydrogen) atoms. The number of aromatic nitrogens is 1. The Hall–Kier alpha value is -3.06. The van der Waals surface area contributed by atoms with Gasteiger partial charge in [-0.1, -0.05) is 23.8 Å². The monoisotopic (exact) mass is 304 g/mol. The Bertz CT molecular complexity index is 932. The summed E-state index contributed by atoms with van der Waals surface area (Å²) in [6.07, 6.45) is 0. The molecule has 0 fully saturated rings. The number of para-hydroxylation sites is 1. The molecule has 0 atom stereocenters. The third-order valence-corrected chi connectivity index (χ3v) is 3.71. The number of carbonyl (C=O) groups excluding carboxylic acids is 1. The first-order valence-electron chi connectivity index (χ1n) is 7.44. The zero-order valence-electron chi connectivity index (χ0n) is 13.0. The van der Waals surface area contributed by atoms with Crippen LogP contribution < -0.4 is 0 Å². The summed E-state index contributed by atoms with van der Waals surface area (Å²) in [6.45, 7) is 4.08. The Morgan fingerprint density at radius 3 is 2.74 bits per heavy atom. The molecule has 4 heteroatoms. The molecule has 0 aliphatic rings. The van der Waals surface area contributed by atoms with Crippen LogP contribution in [0.25, 0.3) is 16.6 Å². The fraction of sp³-hybridized carbons (Fsp3) is 0.158. The van der Waals surface area contributed by atoms with Gasteiger partial charge in [-0.15, -0.1) is 0 Å². The molecular weight excluding hydrogens is 288 g/mol. The lowest BCUT2D eigenvalue weighted by molar-refractivity contribution is 0.0517. The van der Waals surface area contributed by atoms with E-state index in [2.05, 4.69) is 6.07 Å². The summed E-state index contributed by atoms with van der Waals surface area (Å²) in [7, 11) is 0. The Morgan fingerprint density at radius 2 is 2.00 bits per heavy atom. The van der Waals surface area contributed by atoms with Crippen molar-refractivity contribution < 1.29 is 9.53 Å². The maximum absolute atomic E-state index is 12.4. The van der Waals surface area contributed by atoms with Crippen molar-refractivity contribution in [2.45, 2.75) is 13.8 Å². The fourth-order valence-electron chi connectivity index (χ4n) is 2.71. The average molecular weight is 304 g/mol. The van der Waals surface area contributed by atoms with Crippen LogP contribution in [0.15, 0.2) is 48.5 Å². The number of carbonyl (C=O) groups is 1. The fourth-order valence-corrected chi connectivity index (χ4v) is 2.71. The first-order valence-corrected chi connectivity index (χ1v) is 7.44. The summed E-state index contributed by atoms with van der Waals surface area (Å²) in [4.78, 5) is 12.4. The van der Waals surface area contributed by atoms with E-state index in [0.717, 1.165) is 16.5 Å². The molecule has 0 spiro atoms. The van der Waals surface area contributed by atoms with E-state index in [1.54, 1.807) is 17.6 Å². The highest BCUT2D eigenvalue weighted by Crippen LogP contribution is 2.27. The molecule has 0 N–H and O–H groups in total. The van der Waals surface area contributed by atoms with E-state index in [1.807, 2.05) is 49.4 Å². The number of hydrogen-bond acceptors (Lipinski definition) is 3. The molecule has 0 aliphatic carbocycles. The van der Waals surface area contributed by atoms with Gasteiger partial charge in [0.05, 0.1) is 23.4 Å². The van der Waals surface area contributed by atoms with E-state index in [4.69, 9.17) is 4.74 Å². The van der Waals surface area contributed by atoms with Crippen molar-refractivity contribution in [3.63, 3.8) is 0 Å². The van der Waals surface area contributed by atoms with Gasteiger partial charge in [-0.3, -0.25) is 0 Å². The predicted molar refractivity (Wildman–Crippen MR) is 88.7 cm³/mol. The molecule has 0 saturated heterocycles. The van der Waals surface area contributed by atoms with Crippen LogP contribution in [0.3, 0.4) is 0 Å². The number of fused-ring (bicyclic) bond motifs is 1. The highest BCUT2D eigenvalue weighted by Gasteiger charge is 2.19. The molecule has 4 nitrogen and oxygen atoms in total. The van der Waals surface area contributed by atoms with Crippen molar-refractivity contribution in [3.8, 4) is 11.8 Å². The lowest BCUT2D eigenvalue weighted by Gasteiger charge is -2.11. The molecular formula is C19H16N2O2. The summed E-state index contributed by atoms with van der Waals surface area (Å²) < 4.78 is 6.98. The van der Waals surface area contributed by atoms with Gasteiger partial charge in [0, 0.05) is 5.39 Å². The molecule has 1 heterocycles. The number of benzene rings is 2. The molecule has 3 aromatic rings. The lowest BCUT2D eigenvalue weighted by Crippen LogP contribution is -2.11. The number of rotatable bonds is 3. The number of nitriles is 1. The summed E-state index contributed by atoms with van der Waals surface area (Å²) >= 11 is 0. The summed E-state index contributed by atoms with van der Waals surface area (Å²) in [5.41, 5.74) is 3.60. The Labute approximate surface area is 134 Å². The minimum atomic E-state index is -0.394. The molecule has 0 saturated carbocycles. The van der Waals surface area contributed by atoms with Crippen LogP contribution in [-0.2, 0) is 4.74 Å². The molecule has 0 unspecified atom stereocenters. The van der Waals surface area contributed by atoms with Crippen LogP contribution in [0.4, 0.5) is 0 Å². The van der Waals surface area contributed by atoms with Gasteiger partial charge in [0.1, 0.15) is 11.8 Å². The second kappa shape index (κ2) is 5.98. The SMILES string of the molecule is CCOC(=O)c1cc2cc(C)ccc2n1-c1ccccc1C#N. The lowest BCUT2D eigenvalue weighted by atomic mass is 10.1. The predicted octanol–water partition coefficient (Wildman–Crippen LogP) is 3.99. The minimum absolute atomic E-state index is 0.305. The van der Waals surface area contributed by atoms with Crippen molar-refractivity contribution in [1.29, 1.82) is 5.26 Å². The summed E-state index contributed by atoms with van der Waals surface area (Å²) in [6, 6.07) is 17.2. The van der Waals surface area contributed by atoms with Crippen LogP contribution in [0.2, 0.25) is 0 Å². The second-order valence-electron chi connectivity index (χ2n) is 5.28. The Morgan fingerprint density at radius 1 is 1.22 bits per heavy atom. The van der Waals surface area contributed by atoms with Gasteiger partial charge in [0.2, 0.25) is 0 Å². The van der Waals surface area contributed by atoms with Crippen LogP contribution in [0.1, 0.15) is 28.5 Å². The highest BCUT2D eigenvalue weighted by molar-refractivity contribution is 5.97. The number of esters is 1. The standard InChI is InChI=1S/C19H16N2O2/c1-3-23-19(22)18-11-15-10-13(2)8-9-17(15)21(18)16-7-5-4-6-14(16)12-20/h4-11H,3H2,1-2H3. The molecule has 2 aromatic carbocycles. The second-order valence-corrected chi connectivity index (χ2v) is 5.28. The molecule has 3 rings (SSSR count). The van der Waals surface area contributed by atoms with E-state index in [0.29, 0.717) is 23.6 Å². The van der Waals surface area contributed by atoms with Gasteiger partial charge in [-0.2, -0.15) is 5.26 Å². The minimum Gasteiger partial charge on any atom is -0.461 e. The Balaban J connectivity index is 2.35. The van der Waals surface area contributed by atoms with Gasteiger partial charge in [-0.25, -0.2) is 4.79 Å². The van der Waals surface area contributed by atoms with E-state index >= 15 is 0 Å². The van der Waals surface area contributed by atoms with Gasteiger partial charge in [0.15, 0.2) is 0 Å². The van der Waals surface area contributed by atoms with Crippen molar-refractivity contribution in [2.75, 3.05) is 6.61 Å². The van der Waals surface area contributed by atoms with E-state index in [-0.39, 0.29) is 0 Å². The topological polar surface area (TPSA) is 55.0 Å². The number of hydrogen-bond donors (Lipinski definition) is 0. The Kier molecular flexibility index (Phi) is 3.86. The molecule has 0 radical (unpaired) electrons. The maximum atomic E-state index is 12.4. The molecule has 0 amide bonds. The van der Waals surface area contributed by atoms with E-state index < -0.39 is 5.97 Å². The van der Waals surface area contributed by atoms with Gasteiger partial charge < -0.3 is 9.30 Å². The van der Waals surface area contributed by atoms with Crippen molar-refractivity contribution in [1.82, 2.24) is 4.57 Å². The largest absolute Gasteiger partial charge is 0.461 e. The quantitative estimate of drug-likeness (QED) is 0.688. The van der Waals surface area contributed by atoms with Crippen molar-refractivity contribution in [3.05, 3.63) is 65.4 Å². The number of nitrogens with zero attached hydrogens (tertiary/aromatic N) is 2. The van der Waals surface area contributed by atoms with Crippen LogP contribution in [0, 0.1) is 18.3 Å². The average Bonchev–Trinajstić information content (AvgIpc) is 2.93. The van der Waals surface area contributed by atoms with E-state index in [1.165, 1.54) is 0 Å². The maximum Gasteiger partial charge on any atom is 0.355 e. The molecule has 0 aliphatic heterocycles. The smallest absolute Gasteiger partial charge is 0.355 e. The molecule has 0 bridgehead atoms. The molecule has 114 valence electrons. The number of ether oxygens (including phenoxy) is 1. The third-order valence-electron chi connectivity index (χ3n) is 3.71. The van der Waals surface area contributed by atoms with Crippen molar-refractivity contribution >= 4 is 16.9 Å². The van der Waals surface area contributed by atoms with Gasteiger partial charge in [-0.05, 0) is 44.2 Å². The first kappa shape index (κ1) is 14.9. The summed E-state index contributed by atoms with van der Waals surface area (Å²) in [5, 5.41) is 10.3. The van der Waals surface area contributed by atoms with Crippen molar-refractivity contribution in [2.24, 2.45) is 0 Å². The van der Waals surface area contributed by atoms with Gasteiger partial charge in [0.25, 0.3) is 0 Å². The third kappa shape index (κ3) is 2.58. The normalized spacial score (nSPS) is 10.5. The highest BCUT2D eigenvalue weighted by atomic mass is 16.5. The number of aryl methyl sites for hydroxylation is 1. The first-order chi connectivity index (χ1) is 11.2. The van der Waals surface area contributed by atoms with Crippen LogP contribution in [0.5, 0.6) is 0 Å². The summed E-state index contributed by atoms with van der Waals surface area (Å²) in [5.74, 6) is -0.394. The molecule has 1 aromatic heterocycles. The van der Waals surface area contributed by atoms with Crippen LogP contribution in [-0.4, -0.2) is 17.1 Å². The zero-order chi connectivity index (χ0) is 16.4. The zero-order valence-corrected chi connectivity index (χ0v) is 13.0.